The van der Waals surface area contributed by atoms with Crippen LogP contribution in [0.15, 0.2) is 24.3 Å². The van der Waals surface area contributed by atoms with Crippen molar-refractivity contribution in [2.45, 2.75) is 32.7 Å². The Labute approximate surface area is 107 Å². The van der Waals surface area contributed by atoms with Crippen LogP contribution in [0.3, 0.4) is 0 Å². The predicted octanol–water partition coefficient (Wildman–Crippen LogP) is 2.38. The van der Waals surface area contributed by atoms with Gasteiger partial charge in [0.1, 0.15) is 0 Å². The van der Waals surface area contributed by atoms with Crippen molar-refractivity contribution in [3.8, 4) is 0 Å². The van der Waals surface area contributed by atoms with E-state index in [1.54, 1.807) is 19.2 Å². The van der Waals surface area contributed by atoms with Crippen LogP contribution in [-0.4, -0.2) is 28.9 Å². The smallest absolute Gasteiger partial charge is 0.331 e. The van der Waals surface area contributed by atoms with E-state index in [0.29, 0.717) is 18.4 Å². The normalized spacial score (nSPS) is 11.9. The molecule has 4 heteroatoms. The quantitative estimate of drug-likeness (QED) is 0.871. The molecule has 0 aliphatic carbocycles. The Morgan fingerprint density at radius 2 is 1.94 bits per heavy atom. The van der Waals surface area contributed by atoms with Crippen molar-refractivity contribution in [3.05, 3.63) is 35.4 Å². The fourth-order valence-corrected chi connectivity index (χ4v) is 1.94. The van der Waals surface area contributed by atoms with Crippen molar-refractivity contribution in [2.75, 3.05) is 7.05 Å². The van der Waals surface area contributed by atoms with Crippen LogP contribution in [0.4, 0.5) is 0 Å². The summed E-state index contributed by atoms with van der Waals surface area (Å²) in [6.07, 6.45) is 1.08. The Bertz CT molecular complexity index is 442. The summed E-state index contributed by atoms with van der Waals surface area (Å²) in [5, 5.41) is 9.34. The fourth-order valence-electron chi connectivity index (χ4n) is 1.94. The summed E-state index contributed by atoms with van der Waals surface area (Å²) in [7, 11) is 1.54. The van der Waals surface area contributed by atoms with Gasteiger partial charge in [0.05, 0.1) is 0 Å². The molecule has 0 fully saturated rings. The maximum Gasteiger partial charge on any atom is 0.331 e. The van der Waals surface area contributed by atoms with E-state index < -0.39 is 12.0 Å². The van der Waals surface area contributed by atoms with Crippen LogP contribution in [0.25, 0.3) is 0 Å². The second-order valence-corrected chi connectivity index (χ2v) is 4.35. The van der Waals surface area contributed by atoms with Crippen LogP contribution in [-0.2, 0) is 9.59 Å². The highest BCUT2D eigenvalue weighted by Crippen LogP contribution is 2.23. The number of carbonyl (C=O) groups is 2. The molecule has 1 unspecified atom stereocenters. The minimum Gasteiger partial charge on any atom is -0.479 e. The van der Waals surface area contributed by atoms with Crippen LogP contribution in [0.1, 0.15) is 36.9 Å². The van der Waals surface area contributed by atoms with Crippen molar-refractivity contribution >= 4 is 11.9 Å². The summed E-state index contributed by atoms with van der Waals surface area (Å²) >= 11 is 0. The number of carboxylic acid groups (broad SMARTS) is 1. The molecule has 0 aliphatic rings. The molecule has 18 heavy (non-hydrogen) atoms. The van der Waals surface area contributed by atoms with Gasteiger partial charge in [0.2, 0.25) is 5.91 Å². The highest BCUT2D eigenvalue weighted by Gasteiger charge is 2.28. The number of aliphatic carboxylic acids is 1. The zero-order valence-electron chi connectivity index (χ0n) is 11.0. The number of nitrogens with zero attached hydrogens (tertiary/aromatic N) is 1. The van der Waals surface area contributed by atoms with Gasteiger partial charge in [-0.1, -0.05) is 31.2 Å². The minimum absolute atomic E-state index is 0.145. The summed E-state index contributed by atoms with van der Waals surface area (Å²) in [6, 6.07) is 6.33. The molecule has 1 atom stereocenters. The maximum absolute atomic E-state index is 11.8. The fraction of sp³-hybridized carbons (Fsp3) is 0.429. The SMILES string of the molecule is CCCC(=O)N(C)C(C(=O)O)c1ccccc1C. The Morgan fingerprint density at radius 3 is 2.44 bits per heavy atom. The number of benzene rings is 1. The largest absolute Gasteiger partial charge is 0.479 e. The molecular formula is C14H19NO3. The molecule has 0 aliphatic heterocycles. The van der Waals surface area contributed by atoms with Gasteiger partial charge in [0, 0.05) is 13.5 Å². The molecule has 0 heterocycles. The number of carbonyl (C=O) groups excluding carboxylic acids is 1. The monoisotopic (exact) mass is 249 g/mol. The van der Waals surface area contributed by atoms with Gasteiger partial charge in [0.25, 0.3) is 0 Å². The zero-order valence-corrected chi connectivity index (χ0v) is 11.0. The Morgan fingerprint density at radius 1 is 1.33 bits per heavy atom. The first-order valence-electron chi connectivity index (χ1n) is 6.03. The number of likely N-dealkylation sites (N-methyl/N-ethyl adjacent to an activating group) is 1. The first-order chi connectivity index (χ1) is 8.49. The van der Waals surface area contributed by atoms with Crippen molar-refractivity contribution in [1.82, 2.24) is 4.90 Å². The lowest BCUT2D eigenvalue weighted by Gasteiger charge is -2.26. The van der Waals surface area contributed by atoms with E-state index in [1.165, 1.54) is 4.90 Å². The standard InChI is InChI=1S/C14H19NO3/c1-4-7-12(16)15(3)13(14(17)18)11-9-6-5-8-10(11)2/h5-6,8-9,13H,4,7H2,1-3H3,(H,17,18). The van der Waals surface area contributed by atoms with E-state index in [1.807, 2.05) is 26.0 Å². The van der Waals surface area contributed by atoms with Crippen molar-refractivity contribution in [2.24, 2.45) is 0 Å². The lowest BCUT2D eigenvalue weighted by atomic mass is 10.00. The predicted molar refractivity (Wildman–Crippen MR) is 69.2 cm³/mol. The molecule has 1 aromatic rings. The van der Waals surface area contributed by atoms with Gasteiger partial charge in [-0.25, -0.2) is 4.79 Å². The summed E-state index contributed by atoms with van der Waals surface area (Å²) in [4.78, 5) is 24.6. The molecule has 0 saturated carbocycles. The van der Waals surface area contributed by atoms with E-state index in [9.17, 15) is 14.7 Å². The Balaban J connectivity index is 3.08. The molecule has 0 saturated heterocycles. The molecule has 0 radical (unpaired) electrons. The molecule has 0 spiro atoms. The molecule has 0 aromatic heterocycles. The average molecular weight is 249 g/mol. The molecule has 1 N–H and O–H groups in total. The number of aryl methyl sites for hydroxylation is 1. The molecule has 4 nitrogen and oxygen atoms in total. The molecule has 1 rings (SSSR count). The van der Waals surface area contributed by atoms with Crippen LogP contribution in [0.5, 0.6) is 0 Å². The van der Waals surface area contributed by atoms with Gasteiger partial charge in [0.15, 0.2) is 6.04 Å². The summed E-state index contributed by atoms with van der Waals surface area (Å²) < 4.78 is 0. The second kappa shape index (κ2) is 6.19. The van der Waals surface area contributed by atoms with E-state index >= 15 is 0 Å². The Hall–Kier alpha value is -1.84. The van der Waals surface area contributed by atoms with Gasteiger partial charge >= 0.3 is 5.97 Å². The van der Waals surface area contributed by atoms with Crippen LogP contribution in [0.2, 0.25) is 0 Å². The lowest BCUT2D eigenvalue weighted by molar-refractivity contribution is -0.149. The van der Waals surface area contributed by atoms with Crippen molar-refractivity contribution in [1.29, 1.82) is 0 Å². The average Bonchev–Trinajstić information content (AvgIpc) is 2.31. The molecule has 0 bridgehead atoms. The van der Waals surface area contributed by atoms with E-state index in [0.717, 1.165) is 5.56 Å². The summed E-state index contributed by atoms with van der Waals surface area (Å²) in [6.45, 7) is 3.75. The van der Waals surface area contributed by atoms with Crippen LogP contribution in [0, 0.1) is 6.92 Å². The highest BCUT2D eigenvalue weighted by atomic mass is 16.4. The topological polar surface area (TPSA) is 57.6 Å². The van der Waals surface area contributed by atoms with Gasteiger partial charge in [-0.2, -0.15) is 0 Å². The third-order valence-electron chi connectivity index (χ3n) is 2.96. The maximum atomic E-state index is 11.8. The van der Waals surface area contributed by atoms with Crippen LogP contribution < -0.4 is 0 Å². The number of carboxylic acids is 1. The van der Waals surface area contributed by atoms with E-state index in [4.69, 9.17) is 0 Å². The first-order valence-corrected chi connectivity index (χ1v) is 6.03. The first kappa shape index (κ1) is 14.2. The van der Waals surface area contributed by atoms with Gasteiger partial charge < -0.3 is 10.0 Å². The van der Waals surface area contributed by atoms with Crippen LogP contribution >= 0.6 is 0 Å². The van der Waals surface area contributed by atoms with E-state index in [-0.39, 0.29) is 5.91 Å². The summed E-state index contributed by atoms with van der Waals surface area (Å²) in [5.41, 5.74) is 1.54. The van der Waals surface area contributed by atoms with Gasteiger partial charge in [-0.3, -0.25) is 4.79 Å². The van der Waals surface area contributed by atoms with Crippen molar-refractivity contribution < 1.29 is 14.7 Å². The second-order valence-electron chi connectivity index (χ2n) is 4.35. The zero-order chi connectivity index (χ0) is 13.7. The Kier molecular flexibility index (Phi) is 4.89. The van der Waals surface area contributed by atoms with Gasteiger partial charge in [-0.05, 0) is 24.5 Å². The lowest BCUT2D eigenvalue weighted by Crippen LogP contribution is -2.36. The van der Waals surface area contributed by atoms with Crippen molar-refractivity contribution in [3.63, 3.8) is 0 Å². The minimum atomic E-state index is -1.00. The molecular weight excluding hydrogens is 230 g/mol. The third kappa shape index (κ3) is 3.09. The number of amides is 1. The summed E-state index contributed by atoms with van der Waals surface area (Å²) in [5.74, 6) is -1.15. The molecule has 1 aromatic carbocycles. The number of hydrogen-bond donors (Lipinski definition) is 1. The molecule has 1 amide bonds. The number of rotatable bonds is 5. The number of hydrogen-bond acceptors (Lipinski definition) is 2. The molecule has 98 valence electrons. The van der Waals surface area contributed by atoms with E-state index in [2.05, 4.69) is 0 Å². The third-order valence-corrected chi connectivity index (χ3v) is 2.96. The highest BCUT2D eigenvalue weighted by molar-refractivity contribution is 5.84. The van der Waals surface area contributed by atoms with Gasteiger partial charge in [-0.15, -0.1) is 0 Å².